The van der Waals surface area contributed by atoms with Crippen molar-refractivity contribution in [2.24, 2.45) is 0 Å². The lowest BCUT2D eigenvalue weighted by Gasteiger charge is -2.19. The van der Waals surface area contributed by atoms with Gasteiger partial charge in [0, 0.05) is 22.9 Å². The summed E-state index contributed by atoms with van der Waals surface area (Å²) in [5, 5.41) is -0.831. The van der Waals surface area contributed by atoms with Crippen LogP contribution >= 0.6 is 0 Å². The molecule has 36 heavy (non-hydrogen) atoms. The first-order chi connectivity index (χ1) is 16.6. The second-order valence-electron chi connectivity index (χ2n) is 8.05. The fourth-order valence-corrected chi connectivity index (χ4v) is 4.29. The molecule has 194 valence electrons. The lowest BCUT2D eigenvalue weighted by atomic mass is 10.0. The highest BCUT2D eigenvalue weighted by molar-refractivity contribution is 7.81. The molecule has 4 aromatic rings. The Morgan fingerprint density at radius 1 is 0.694 bits per heavy atom. The molecule has 2 aromatic carbocycles. The van der Waals surface area contributed by atoms with Crippen molar-refractivity contribution in [1.29, 1.82) is 0 Å². The summed E-state index contributed by atoms with van der Waals surface area (Å²) in [5.74, 6) is -2.18. The predicted molar refractivity (Wildman–Crippen MR) is 123 cm³/mol. The van der Waals surface area contributed by atoms with E-state index in [9.17, 15) is 35.5 Å². The summed E-state index contributed by atoms with van der Waals surface area (Å²) in [7, 11) is -10.2. The van der Waals surface area contributed by atoms with E-state index in [0.717, 1.165) is 12.1 Å². The van der Waals surface area contributed by atoms with Crippen LogP contribution in [0, 0.1) is 0 Å². The van der Waals surface area contributed by atoms with Crippen molar-refractivity contribution < 1.29 is 52.6 Å². The Balaban J connectivity index is 2.27. The van der Waals surface area contributed by atoms with Crippen LogP contribution in [0.2, 0.25) is 0 Å². The van der Waals surface area contributed by atoms with Crippen molar-refractivity contribution in [2.75, 3.05) is 0 Å². The average Bonchev–Trinajstić information content (AvgIpc) is 2.69. The number of hydrogen-bond donors (Lipinski definition) is 2. The molecule has 0 radical (unpaired) electrons. The van der Waals surface area contributed by atoms with Gasteiger partial charge < -0.3 is 26.7 Å². The molecule has 0 aliphatic heterocycles. The standard InChI is InChI=1S/C20H18O14S2/c1-7(2)29-15-11(33-35(23,24)25)5-9-13-14-10(19(21)31-17(13)15)6-12(34-36(26,27)28)16(30-8(3)4)18(14)32-20(9)22/h5-8H,1-4H3,(H,23,24,25)(H,26,27,28). The van der Waals surface area contributed by atoms with Crippen LogP contribution in [0.5, 0.6) is 23.0 Å². The van der Waals surface area contributed by atoms with Crippen LogP contribution in [-0.2, 0) is 20.8 Å². The van der Waals surface area contributed by atoms with Gasteiger partial charge in [-0.1, -0.05) is 0 Å². The zero-order valence-corrected chi connectivity index (χ0v) is 20.6. The molecule has 0 spiro atoms. The topological polar surface area (TPSA) is 206 Å². The molecule has 14 nitrogen and oxygen atoms in total. The molecule has 0 bridgehead atoms. The van der Waals surface area contributed by atoms with E-state index in [0.29, 0.717) is 0 Å². The zero-order chi connectivity index (χ0) is 26.7. The van der Waals surface area contributed by atoms with Crippen LogP contribution in [-0.4, -0.2) is 38.1 Å². The molecule has 2 heterocycles. The first-order valence-corrected chi connectivity index (χ1v) is 12.8. The summed E-state index contributed by atoms with van der Waals surface area (Å²) in [4.78, 5) is 25.9. The summed E-state index contributed by atoms with van der Waals surface area (Å²) in [6, 6.07) is 1.81. The fourth-order valence-electron chi connectivity index (χ4n) is 3.59. The molecule has 2 aromatic heterocycles. The van der Waals surface area contributed by atoms with Crippen molar-refractivity contribution in [1.82, 2.24) is 0 Å². The van der Waals surface area contributed by atoms with Gasteiger partial charge in [0.1, 0.15) is 0 Å². The molecule has 0 saturated heterocycles. The van der Waals surface area contributed by atoms with Gasteiger partial charge in [0.25, 0.3) is 0 Å². The molecule has 0 atom stereocenters. The van der Waals surface area contributed by atoms with Crippen molar-refractivity contribution in [3.05, 3.63) is 33.0 Å². The Labute approximate surface area is 202 Å². The lowest BCUT2D eigenvalue weighted by molar-refractivity contribution is 0.233. The van der Waals surface area contributed by atoms with E-state index in [2.05, 4.69) is 8.37 Å². The molecule has 2 N–H and O–H groups in total. The molecule has 16 heteroatoms. The van der Waals surface area contributed by atoms with Crippen molar-refractivity contribution >= 4 is 53.5 Å². The second-order valence-corrected chi connectivity index (χ2v) is 10.1. The van der Waals surface area contributed by atoms with E-state index in [1.165, 1.54) is 0 Å². The summed E-state index contributed by atoms with van der Waals surface area (Å²) in [6.45, 7) is 6.26. The first kappa shape index (κ1) is 25.5. The Bertz CT molecular complexity index is 1690. The van der Waals surface area contributed by atoms with E-state index in [4.69, 9.17) is 18.3 Å². The number of hydrogen-bond acceptors (Lipinski definition) is 12. The second kappa shape index (κ2) is 8.51. The highest BCUT2D eigenvalue weighted by Gasteiger charge is 2.30. The Kier molecular flexibility index (Phi) is 6.02. The van der Waals surface area contributed by atoms with Gasteiger partial charge in [-0.3, -0.25) is 9.11 Å². The van der Waals surface area contributed by atoms with Gasteiger partial charge in [0.15, 0.2) is 22.7 Å². The van der Waals surface area contributed by atoms with Crippen molar-refractivity contribution in [3.63, 3.8) is 0 Å². The van der Waals surface area contributed by atoms with Gasteiger partial charge in [-0.15, -0.1) is 0 Å². The summed E-state index contributed by atoms with van der Waals surface area (Å²) in [5.41, 5.74) is -3.07. The Hall–Kier alpha value is -3.60. The third-order valence-electron chi connectivity index (χ3n) is 4.58. The largest absolute Gasteiger partial charge is 0.484 e. The zero-order valence-electron chi connectivity index (χ0n) is 18.9. The molecule has 0 saturated carbocycles. The van der Waals surface area contributed by atoms with E-state index >= 15 is 0 Å². The van der Waals surface area contributed by atoms with Gasteiger partial charge in [0.05, 0.1) is 23.0 Å². The highest BCUT2D eigenvalue weighted by atomic mass is 32.3. The SMILES string of the molecule is CC(C)Oc1c(OS(=O)(=O)O)cc2c(=O)oc3c(OC(C)C)c(OS(=O)(=O)O)cc4c(=O)oc1c2c34. The fraction of sp³-hybridized carbons (Fsp3) is 0.300. The maximum atomic E-state index is 13.0. The molecule has 0 aliphatic rings. The molecular weight excluding hydrogens is 528 g/mol. The van der Waals surface area contributed by atoms with Crippen molar-refractivity contribution in [3.8, 4) is 23.0 Å². The average molecular weight is 546 g/mol. The van der Waals surface area contributed by atoms with Crippen LogP contribution < -0.4 is 29.1 Å². The van der Waals surface area contributed by atoms with E-state index in [1.54, 1.807) is 27.7 Å². The van der Waals surface area contributed by atoms with Gasteiger partial charge in [-0.05, 0) is 27.7 Å². The van der Waals surface area contributed by atoms with Crippen LogP contribution in [0.4, 0.5) is 0 Å². The minimum Gasteiger partial charge on any atom is -0.484 e. The third-order valence-corrected chi connectivity index (χ3v) is 5.36. The summed E-state index contributed by atoms with van der Waals surface area (Å²) in [6.07, 6.45) is -1.24. The van der Waals surface area contributed by atoms with Gasteiger partial charge in [-0.25, -0.2) is 9.59 Å². The molecule has 4 rings (SSSR count). The Morgan fingerprint density at radius 2 is 1.03 bits per heavy atom. The van der Waals surface area contributed by atoms with E-state index < -0.39 is 78.4 Å². The summed E-state index contributed by atoms with van der Waals surface area (Å²) >= 11 is 0. The highest BCUT2D eigenvalue weighted by Crippen LogP contribution is 2.47. The third kappa shape index (κ3) is 4.75. The smallest absolute Gasteiger partial charge is 0.446 e. The lowest BCUT2D eigenvalue weighted by Crippen LogP contribution is -2.15. The maximum absolute atomic E-state index is 13.0. The summed E-state index contributed by atoms with van der Waals surface area (Å²) < 4.78 is 95.0. The van der Waals surface area contributed by atoms with Gasteiger partial charge in [-0.2, -0.15) is 16.8 Å². The minimum absolute atomic E-state index is 0.0822. The first-order valence-electron chi connectivity index (χ1n) is 10.1. The van der Waals surface area contributed by atoms with Crippen LogP contribution in [0.1, 0.15) is 27.7 Å². The molecule has 0 aliphatic carbocycles. The molecule has 0 amide bonds. The molecular formula is C20H18O14S2. The number of benzene rings is 2. The number of ether oxygens (including phenoxy) is 2. The van der Waals surface area contributed by atoms with Crippen molar-refractivity contribution in [2.45, 2.75) is 39.9 Å². The normalized spacial score (nSPS) is 12.8. The quantitative estimate of drug-likeness (QED) is 0.185. The van der Waals surface area contributed by atoms with Gasteiger partial charge >= 0.3 is 32.0 Å². The number of rotatable bonds is 8. The maximum Gasteiger partial charge on any atom is 0.446 e. The Morgan fingerprint density at radius 3 is 1.31 bits per heavy atom. The molecule has 0 unspecified atom stereocenters. The van der Waals surface area contributed by atoms with Gasteiger partial charge in [0.2, 0.25) is 11.5 Å². The van der Waals surface area contributed by atoms with E-state index in [-0.39, 0.29) is 21.5 Å². The van der Waals surface area contributed by atoms with E-state index in [1.807, 2.05) is 0 Å². The van der Waals surface area contributed by atoms with Crippen LogP contribution in [0.25, 0.3) is 32.7 Å². The molecule has 0 fully saturated rings. The predicted octanol–water partition coefficient (Wildman–Crippen LogP) is 2.43. The monoisotopic (exact) mass is 546 g/mol. The van der Waals surface area contributed by atoms with Crippen LogP contribution in [0.15, 0.2) is 30.6 Å². The van der Waals surface area contributed by atoms with Crippen LogP contribution in [0.3, 0.4) is 0 Å². The minimum atomic E-state index is -5.10.